The number of hydrogen-bond donors (Lipinski definition) is 2. The van der Waals surface area contributed by atoms with Crippen LogP contribution in [-0.4, -0.2) is 42.0 Å². The van der Waals surface area contributed by atoms with Gasteiger partial charge in [0.2, 0.25) is 5.95 Å². The summed E-state index contributed by atoms with van der Waals surface area (Å²) in [6.07, 6.45) is -2.93. The number of nitrogen functional groups attached to an aromatic ring is 1. The molecule has 0 aliphatic carbocycles. The summed E-state index contributed by atoms with van der Waals surface area (Å²) in [5, 5.41) is 6.99. The predicted molar refractivity (Wildman–Crippen MR) is 125 cm³/mol. The molecule has 14 heteroatoms. The van der Waals surface area contributed by atoms with E-state index in [-0.39, 0.29) is 28.9 Å². The number of aromatic nitrogens is 5. The van der Waals surface area contributed by atoms with E-state index in [4.69, 9.17) is 5.73 Å². The topological polar surface area (TPSA) is 123 Å². The summed E-state index contributed by atoms with van der Waals surface area (Å²) in [6.45, 7) is 0.813. The lowest BCUT2D eigenvalue weighted by molar-refractivity contribution is -0.136. The predicted octanol–water partition coefficient (Wildman–Crippen LogP) is 2.45. The van der Waals surface area contributed by atoms with Crippen LogP contribution in [0.4, 0.5) is 24.9 Å². The highest BCUT2D eigenvalue weighted by molar-refractivity contribution is 7.99. The van der Waals surface area contributed by atoms with Crippen molar-refractivity contribution in [2.45, 2.75) is 29.7 Å². The Morgan fingerprint density at radius 2 is 1.89 bits per heavy atom. The molecule has 3 aromatic heterocycles. The molecule has 4 aromatic rings. The zero-order chi connectivity index (χ0) is 25.2. The van der Waals surface area contributed by atoms with Crippen molar-refractivity contribution in [1.29, 1.82) is 0 Å². The van der Waals surface area contributed by atoms with Crippen LogP contribution in [0.25, 0.3) is 11.2 Å². The number of alkyl halides is 3. The summed E-state index contributed by atoms with van der Waals surface area (Å²) in [6, 6.07) is 9.20. The fourth-order valence-corrected chi connectivity index (χ4v) is 5.57. The fraction of sp³-hybridized carbons (Fsp3) is 0.227. The lowest BCUT2D eigenvalue weighted by atomic mass is 10.1. The number of hydrogen-bond acceptors (Lipinski definition) is 8. The molecule has 0 saturated carbocycles. The van der Waals surface area contributed by atoms with Gasteiger partial charge in [0.15, 0.2) is 5.16 Å². The third-order valence-electron chi connectivity index (χ3n) is 6.08. The van der Waals surface area contributed by atoms with Crippen LogP contribution < -0.4 is 21.5 Å². The van der Waals surface area contributed by atoms with Crippen LogP contribution in [0.1, 0.15) is 28.0 Å². The van der Waals surface area contributed by atoms with Crippen molar-refractivity contribution in [3.8, 4) is 5.69 Å². The van der Waals surface area contributed by atoms with Crippen molar-refractivity contribution in [2.24, 2.45) is 0 Å². The molecule has 1 saturated heterocycles. The number of nitrogens with zero attached hydrogens (tertiary/aromatic N) is 6. The number of anilines is 2. The monoisotopic (exact) mass is 514 g/mol. The van der Waals surface area contributed by atoms with Gasteiger partial charge >= 0.3 is 6.18 Å². The first kappa shape index (κ1) is 22.4. The number of nitrogens with two attached hydrogens (primary N) is 1. The molecule has 1 atom stereocenters. The lowest BCUT2D eigenvalue weighted by Gasteiger charge is -2.41. The first-order valence-electron chi connectivity index (χ1n) is 10.9. The van der Waals surface area contributed by atoms with Crippen molar-refractivity contribution >= 4 is 35.0 Å². The molecule has 1 aromatic carbocycles. The average Bonchev–Trinajstić information content (AvgIpc) is 3.41. The van der Waals surface area contributed by atoms with E-state index >= 15 is 0 Å². The van der Waals surface area contributed by atoms with E-state index in [1.165, 1.54) is 16.3 Å². The van der Waals surface area contributed by atoms with Crippen molar-refractivity contribution in [3.63, 3.8) is 0 Å². The number of para-hydroxylation sites is 1. The van der Waals surface area contributed by atoms with E-state index < -0.39 is 22.8 Å². The molecule has 10 nitrogen and oxygen atoms in total. The van der Waals surface area contributed by atoms with Gasteiger partial charge in [0.05, 0.1) is 28.9 Å². The molecule has 0 bridgehead atoms. The summed E-state index contributed by atoms with van der Waals surface area (Å²) in [5.74, 6) is 0.110. The quantitative estimate of drug-likeness (QED) is 0.426. The van der Waals surface area contributed by atoms with Gasteiger partial charge < -0.3 is 16.0 Å². The molecule has 2 aliphatic heterocycles. The maximum atomic E-state index is 13.6. The first-order valence-corrected chi connectivity index (χ1v) is 11.8. The van der Waals surface area contributed by atoms with E-state index in [0.29, 0.717) is 35.7 Å². The molecule has 1 fully saturated rings. The molecule has 36 heavy (non-hydrogen) atoms. The third-order valence-corrected chi connectivity index (χ3v) is 7.32. The summed E-state index contributed by atoms with van der Waals surface area (Å²) < 4.78 is 42.9. The van der Waals surface area contributed by atoms with Crippen molar-refractivity contribution in [3.05, 3.63) is 69.8 Å². The largest absolute Gasteiger partial charge is 0.418 e. The third kappa shape index (κ3) is 3.47. The summed E-state index contributed by atoms with van der Waals surface area (Å²) in [5.41, 5.74) is 4.65. The lowest BCUT2D eigenvalue weighted by Crippen LogP contribution is -2.47. The Balaban J connectivity index is 1.46. The van der Waals surface area contributed by atoms with E-state index in [9.17, 15) is 22.8 Å². The van der Waals surface area contributed by atoms with Gasteiger partial charge in [-0.2, -0.15) is 18.2 Å². The molecule has 0 radical (unpaired) electrons. The second-order valence-electron chi connectivity index (χ2n) is 8.24. The van der Waals surface area contributed by atoms with Gasteiger partial charge in [-0.3, -0.25) is 14.2 Å². The van der Waals surface area contributed by atoms with Gasteiger partial charge in [0.25, 0.3) is 11.5 Å². The fourth-order valence-electron chi connectivity index (χ4n) is 4.34. The van der Waals surface area contributed by atoms with Crippen LogP contribution in [0.3, 0.4) is 0 Å². The molecule has 2 aliphatic rings. The van der Waals surface area contributed by atoms with Crippen molar-refractivity contribution in [2.75, 3.05) is 17.2 Å². The van der Waals surface area contributed by atoms with E-state index in [0.717, 1.165) is 16.8 Å². The highest BCUT2D eigenvalue weighted by Crippen LogP contribution is 2.39. The summed E-state index contributed by atoms with van der Waals surface area (Å²) in [4.78, 5) is 36.1. The van der Waals surface area contributed by atoms with E-state index in [2.05, 4.69) is 20.4 Å². The highest BCUT2D eigenvalue weighted by atomic mass is 32.2. The Hall–Kier alpha value is -4.07. The van der Waals surface area contributed by atoms with E-state index in [1.54, 1.807) is 30.3 Å². The Morgan fingerprint density at radius 3 is 2.58 bits per heavy atom. The number of amides is 1. The molecule has 1 amide bonds. The molecule has 5 heterocycles. The molecule has 184 valence electrons. The number of rotatable bonds is 4. The maximum Gasteiger partial charge on any atom is 0.418 e. The van der Waals surface area contributed by atoms with Crippen LogP contribution in [0.2, 0.25) is 0 Å². The SMILES string of the molecule is Nc1nc2c(c(N3CCC3Sc3nn4ccc(C(F)(F)F)c4c(=O)n3-c3ccccc3)n1)C(=O)NC2. The molecule has 0 spiro atoms. The molecule has 6 rings (SSSR count). The standard InChI is InChI=1S/C22H17F3N8O2S/c23-22(24,25)12-6-9-32-16(12)19(35)33(11-4-2-1-3-5-11)21(30-32)36-14-7-8-31(14)17-15-13(10-27-18(15)34)28-20(26)29-17/h1-6,9,14H,7-8,10H2,(H,27,34)(H2,26,28,29). The zero-order valence-electron chi connectivity index (χ0n) is 18.4. The smallest absolute Gasteiger partial charge is 0.368 e. The summed E-state index contributed by atoms with van der Waals surface area (Å²) in [7, 11) is 0. The number of halogens is 3. The molecular formula is C22H17F3N8O2S. The number of benzene rings is 1. The molecule has 1 unspecified atom stereocenters. The van der Waals surface area contributed by atoms with Gasteiger partial charge in [-0.15, -0.1) is 5.10 Å². The number of nitrogens with one attached hydrogen (secondary N) is 1. The van der Waals surface area contributed by atoms with Crippen LogP contribution in [0.15, 0.2) is 52.5 Å². The van der Waals surface area contributed by atoms with Crippen LogP contribution in [-0.2, 0) is 12.7 Å². The Morgan fingerprint density at radius 1 is 1.11 bits per heavy atom. The Bertz CT molecular complexity index is 1580. The normalized spacial score (nSPS) is 17.2. The van der Waals surface area contributed by atoms with Gasteiger partial charge in [-0.1, -0.05) is 30.0 Å². The van der Waals surface area contributed by atoms with Gasteiger partial charge in [0.1, 0.15) is 16.9 Å². The maximum absolute atomic E-state index is 13.6. The van der Waals surface area contributed by atoms with Crippen molar-refractivity contribution in [1.82, 2.24) is 29.5 Å². The minimum absolute atomic E-state index is 0.0312. The average molecular weight is 514 g/mol. The Labute approximate surface area is 204 Å². The van der Waals surface area contributed by atoms with Gasteiger partial charge in [0, 0.05) is 12.7 Å². The van der Waals surface area contributed by atoms with Gasteiger partial charge in [-0.25, -0.2) is 9.50 Å². The van der Waals surface area contributed by atoms with Crippen LogP contribution in [0.5, 0.6) is 0 Å². The minimum atomic E-state index is -4.71. The Kier molecular flexibility index (Phi) is 4.96. The number of carbonyl (C=O) groups is 1. The van der Waals surface area contributed by atoms with Gasteiger partial charge in [-0.05, 0) is 24.6 Å². The second-order valence-corrected chi connectivity index (χ2v) is 9.39. The zero-order valence-corrected chi connectivity index (χ0v) is 19.2. The second kappa shape index (κ2) is 7.98. The van der Waals surface area contributed by atoms with Crippen LogP contribution in [0, 0.1) is 0 Å². The van der Waals surface area contributed by atoms with Crippen LogP contribution >= 0.6 is 11.8 Å². The molecular weight excluding hydrogens is 497 g/mol. The first-order chi connectivity index (χ1) is 17.2. The molecule has 3 N–H and O–H groups in total. The van der Waals surface area contributed by atoms with Crippen molar-refractivity contribution < 1.29 is 18.0 Å². The minimum Gasteiger partial charge on any atom is -0.368 e. The van der Waals surface area contributed by atoms with E-state index in [1.807, 2.05) is 4.90 Å². The number of fused-ring (bicyclic) bond motifs is 2. The number of thioether (sulfide) groups is 1. The number of carbonyl (C=O) groups excluding carboxylic acids is 1. The summed E-state index contributed by atoms with van der Waals surface area (Å²) >= 11 is 1.20. The highest BCUT2D eigenvalue weighted by Gasteiger charge is 2.39.